The first-order chi connectivity index (χ1) is 8.38. The van der Waals surface area contributed by atoms with Crippen molar-refractivity contribution in [3.05, 3.63) is 41.9 Å². The lowest BCUT2D eigenvalue weighted by molar-refractivity contribution is -0.141. The van der Waals surface area contributed by atoms with Crippen LogP contribution in [0.15, 0.2) is 30.6 Å². The molecule has 4 nitrogen and oxygen atoms in total. The summed E-state index contributed by atoms with van der Waals surface area (Å²) in [4.78, 5) is 4.10. The Kier molecular flexibility index (Phi) is 3.04. The molecular formula is C10H7F3N4S. The molecule has 0 saturated heterocycles. The SMILES string of the molecule is NC(=S)c1ccc(-n2ccc(C(F)(F)F)n2)nc1. The highest BCUT2D eigenvalue weighted by molar-refractivity contribution is 7.80. The Morgan fingerprint density at radius 1 is 1.28 bits per heavy atom. The molecule has 2 aromatic heterocycles. The lowest BCUT2D eigenvalue weighted by Gasteiger charge is -2.03. The first-order valence-corrected chi connectivity index (χ1v) is 5.18. The van der Waals surface area contributed by atoms with Crippen LogP contribution in [0, 0.1) is 0 Å². The summed E-state index contributed by atoms with van der Waals surface area (Å²) in [6.45, 7) is 0. The molecule has 0 fully saturated rings. The van der Waals surface area contributed by atoms with Crippen LogP contribution in [0.5, 0.6) is 0 Å². The van der Waals surface area contributed by atoms with Crippen LogP contribution in [0.25, 0.3) is 5.82 Å². The molecular weight excluding hydrogens is 265 g/mol. The van der Waals surface area contributed by atoms with E-state index >= 15 is 0 Å². The van der Waals surface area contributed by atoms with Gasteiger partial charge in [-0.15, -0.1) is 0 Å². The van der Waals surface area contributed by atoms with Crippen LogP contribution in [0.2, 0.25) is 0 Å². The number of halogens is 3. The third-order valence-electron chi connectivity index (χ3n) is 2.15. The maximum Gasteiger partial charge on any atom is 0.435 e. The van der Waals surface area contributed by atoms with Gasteiger partial charge in [0.1, 0.15) is 4.99 Å². The van der Waals surface area contributed by atoms with Gasteiger partial charge in [0.05, 0.1) is 0 Å². The van der Waals surface area contributed by atoms with Gasteiger partial charge in [-0.25, -0.2) is 9.67 Å². The first-order valence-electron chi connectivity index (χ1n) is 4.77. The predicted octanol–water partition coefficient (Wildman–Crippen LogP) is 1.92. The minimum Gasteiger partial charge on any atom is -0.389 e. The molecule has 2 rings (SSSR count). The van der Waals surface area contributed by atoms with Gasteiger partial charge in [0, 0.05) is 18.0 Å². The highest BCUT2D eigenvalue weighted by Crippen LogP contribution is 2.27. The highest BCUT2D eigenvalue weighted by Gasteiger charge is 2.33. The fourth-order valence-electron chi connectivity index (χ4n) is 1.27. The molecule has 18 heavy (non-hydrogen) atoms. The fourth-order valence-corrected chi connectivity index (χ4v) is 1.39. The normalized spacial score (nSPS) is 11.5. The van der Waals surface area contributed by atoms with Gasteiger partial charge in [0.2, 0.25) is 0 Å². The van der Waals surface area contributed by atoms with Gasteiger partial charge in [-0.05, 0) is 18.2 Å². The molecule has 0 aromatic carbocycles. The Bertz CT molecular complexity index is 574. The van der Waals surface area contributed by atoms with Crippen LogP contribution >= 0.6 is 12.2 Å². The number of aromatic nitrogens is 3. The van der Waals surface area contributed by atoms with E-state index in [2.05, 4.69) is 10.1 Å². The second kappa shape index (κ2) is 4.37. The van der Waals surface area contributed by atoms with Gasteiger partial charge >= 0.3 is 6.18 Å². The molecule has 2 heterocycles. The van der Waals surface area contributed by atoms with Gasteiger partial charge < -0.3 is 5.73 Å². The number of alkyl halides is 3. The molecule has 0 saturated carbocycles. The molecule has 8 heteroatoms. The summed E-state index contributed by atoms with van der Waals surface area (Å²) in [5.74, 6) is 0.255. The molecule has 0 bridgehead atoms. The van der Waals surface area contributed by atoms with Crippen LogP contribution in [-0.4, -0.2) is 19.8 Å². The lowest BCUT2D eigenvalue weighted by Crippen LogP contribution is -2.11. The molecule has 2 aromatic rings. The number of rotatable bonds is 2. The van der Waals surface area contributed by atoms with Crippen molar-refractivity contribution in [2.24, 2.45) is 5.73 Å². The number of hydrogen-bond donors (Lipinski definition) is 1. The first kappa shape index (κ1) is 12.5. The van der Waals surface area contributed by atoms with Crippen molar-refractivity contribution in [2.75, 3.05) is 0 Å². The molecule has 0 aliphatic rings. The zero-order valence-electron chi connectivity index (χ0n) is 8.85. The van der Waals surface area contributed by atoms with Crippen LogP contribution in [0.1, 0.15) is 11.3 Å². The van der Waals surface area contributed by atoms with E-state index in [-0.39, 0.29) is 10.8 Å². The number of pyridine rings is 1. The van der Waals surface area contributed by atoms with Gasteiger partial charge in [0.25, 0.3) is 0 Å². The quantitative estimate of drug-likeness (QED) is 0.849. The summed E-state index contributed by atoms with van der Waals surface area (Å²) >= 11 is 4.74. The molecule has 0 atom stereocenters. The Hall–Kier alpha value is -1.96. The van der Waals surface area contributed by atoms with Gasteiger partial charge in [-0.2, -0.15) is 18.3 Å². The van der Waals surface area contributed by atoms with Crippen molar-refractivity contribution in [3.63, 3.8) is 0 Å². The Labute approximate surface area is 105 Å². The zero-order chi connectivity index (χ0) is 13.3. The van der Waals surface area contributed by atoms with E-state index in [0.29, 0.717) is 5.56 Å². The smallest absolute Gasteiger partial charge is 0.389 e. The van der Waals surface area contributed by atoms with E-state index in [1.54, 1.807) is 6.07 Å². The van der Waals surface area contributed by atoms with Crippen LogP contribution in [0.3, 0.4) is 0 Å². The Morgan fingerprint density at radius 3 is 2.44 bits per heavy atom. The van der Waals surface area contributed by atoms with E-state index in [1.165, 1.54) is 18.5 Å². The van der Waals surface area contributed by atoms with E-state index in [9.17, 15) is 13.2 Å². The second-order valence-electron chi connectivity index (χ2n) is 3.41. The summed E-state index contributed by atoms with van der Waals surface area (Å²) in [5, 5.41) is 3.39. The van der Waals surface area contributed by atoms with Crippen LogP contribution in [-0.2, 0) is 6.18 Å². The van der Waals surface area contributed by atoms with Crippen LogP contribution < -0.4 is 5.73 Å². The topological polar surface area (TPSA) is 56.7 Å². The third kappa shape index (κ3) is 2.48. The van der Waals surface area contributed by atoms with Gasteiger partial charge in [-0.3, -0.25) is 0 Å². The van der Waals surface area contributed by atoms with Crippen molar-refractivity contribution in [1.29, 1.82) is 0 Å². The summed E-state index contributed by atoms with van der Waals surface area (Å²) in [7, 11) is 0. The zero-order valence-corrected chi connectivity index (χ0v) is 9.66. The van der Waals surface area contributed by atoms with Gasteiger partial charge in [0.15, 0.2) is 11.5 Å². The van der Waals surface area contributed by atoms with Crippen LogP contribution in [0.4, 0.5) is 13.2 Å². The summed E-state index contributed by atoms with van der Waals surface area (Å²) in [6.07, 6.45) is -1.90. The molecule has 0 unspecified atom stereocenters. The summed E-state index contributed by atoms with van der Waals surface area (Å²) < 4.78 is 38.1. The maximum absolute atomic E-state index is 12.4. The average molecular weight is 272 g/mol. The van der Waals surface area contributed by atoms with E-state index in [0.717, 1.165) is 10.7 Å². The summed E-state index contributed by atoms with van der Waals surface area (Å²) in [6, 6.07) is 3.93. The number of nitrogens with zero attached hydrogens (tertiary/aromatic N) is 3. The molecule has 0 radical (unpaired) electrons. The predicted molar refractivity (Wildman–Crippen MR) is 62.2 cm³/mol. The molecule has 94 valence electrons. The van der Waals surface area contributed by atoms with Crippen molar-refractivity contribution in [1.82, 2.24) is 14.8 Å². The highest BCUT2D eigenvalue weighted by atomic mass is 32.1. The molecule has 0 aliphatic heterocycles. The molecule has 0 aliphatic carbocycles. The standard InChI is InChI=1S/C10H7F3N4S/c11-10(12,13)7-3-4-17(16-7)8-2-1-6(5-15-8)9(14)18/h1-5H,(H2,14,18). The monoisotopic (exact) mass is 272 g/mol. The average Bonchev–Trinajstić information content (AvgIpc) is 2.78. The Morgan fingerprint density at radius 2 is 2.00 bits per heavy atom. The van der Waals surface area contributed by atoms with E-state index in [1.807, 2.05) is 0 Å². The number of hydrogen-bond acceptors (Lipinski definition) is 3. The minimum absolute atomic E-state index is 0.172. The van der Waals surface area contributed by atoms with Crippen molar-refractivity contribution in [3.8, 4) is 5.82 Å². The van der Waals surface area contributed by atoms with Crippen molar-refractivity contribution in [2.45, 2.75) is 6.18 Å². The van der Waals surface area contributed by atoms with E-state index in [4.69, 9.17) is 18.0 Å². The number of nitrogens with two attached hydrogens (primary N) is 1. The van der Waals surface area contributed by atoms with Crippen molar-refractivity contribution >= 4 is 17.2 Å². The maximum atomic E-state index is 12.4. The van der Waals surface area contributed by atoms with Crippen molar-refractivity contribution < 1.29 is 13.2 Å². The van der Waals surface area contributed by atoms with Gasteiger partial charge in [-0.1, -0.05) is 12.2 Å². The lowest BCUT2D eigenvalue weighted by atomic mass is 10.3. The molecule has 0 amide bonds. The van der Waals surface area contributed by atoms with E-state index < -0.39 is 11.9 Å². The fraction of sp³-hybridized carbons (Fsp3) is 0.100. The largest absolute Gasteiger partial charge is 0.435 e. The molecule has 0 spiro atoms. The third-order valence-corrected chi connectivity index (χ3v) is 2.38. The number of thiocarbonyl (C=S) groups is 1. The minimum atomic E-state index is -4.47. The summed E-state index contributed by atoms with van der Waals surface area (Å²) in [5.41, 5.74) is 4.95. The second-order valence-corrected chi connectivity index (χ2v) is 3.85. The molecule has 2 N–H and O–H groups in total. The Balaban J connectivity index is 2.32.